The van der Waals surface area contributed by atoms with E-state index in [1.54, 1.807) is 18.2 Å². The number of benzene rings is 2. The van der Waals surface area contributed by atoms with E-state index in [2.05, 4.69) is 43.0 Å². The van der Waals surface area contributed by atoms with Crippen molar-refractivity contribution in [3.05, 3.63) is 105 Å². The maximum atomic E-state index is 9.54. The molecule has 2 aromatic carbocycles. The summed E-state index contributed by atoms with van der Waals surface area (Å²) in [6.07, 6.45) is 7.25. The van der Waals surface area contributed by atoms with Crippen LogP contribution < -0.4 is 9.64 Å². The minimum Gasteiger partial charge on any atom is -0.457 e. The Morgan fingerprint density at radius 2 is 1.64 bits per heavy atom. The van der Waals surface area contributed by atoms with Gasteiger partial charge in [-0.05, 0) is 81.7 Å². The molecule has 2 aliphatic rings. The number of ether oxygens (including phenoxy) is 2. The lowest BCUT2D eigenvalue weighted by atomic mass is 9.95. The fourth-order valence-corrected chi connectivity index (χ4v) is 4.58. The van der Waals surface area contributed by atoms with E-state index >= 15 is 0 Å². The molecule has 0 saturated heterocycles. The van der Waals surface area contributed by atoms with Crippen LogP contribution in [0.1, 0.15) is 41.7 Å². The van der Waals surface area contributed by atoms with Gasteiger partial charge in [0.15, 0.2) is 0 Å². The predicted molar refractivity (Wildman–Crippen MR) is 144 cm³/mol. The van der Waals surface area contributed by atoms with Crippen LogP contribution in [0.25, 0.3) is 11.3 Å². The Kier molecular flexibility index (Phi) is 6.86. The summed E-state index contributed by atoms with van der Waals surface area (Å²) in [4.78, 5) is 2.15. The van der Waals surface area contributed by atoms with Gasteiger partial charge >= 0.3 is 0 Å². The third kappa shape index (κ3) is 4.83. The standard InChI is InChI=1S/C31H29N3O2/c1-7-34(6)25-8-9-28-20(3)12-26(35-29(28)15-25)16-27-13-23(24(17-32)18-33)14-30(36-27)31-21(4)10-19(2)11-22(31)5/h8-16H,7H2,1-6H3/b26-16+. The van der Waals surface area contributed by atoms with Gasteiger partial charge in [-0.15, -0.1) is 0 Å². The summed E-state index contributed by atoms with van der Waals surface area (Å²) in [5, 5.41) is 19.1. The van der Waals surface area contributed by atoms with Crippen LogP contribution in [0.2, 0.25) is 0 Å². The average molecular weight is 476 g/mol. The second kappa shape index (κ2) is 10.0. The second-order valence-electron chi connectivity index (χ2n) is 9.16. The summed E-state index contributed by atoms with van der Waals surface area (Å²) in [6.45, 7) is 11.2. The molecule has 0 aromatic heterocycles. The van der Waals surface area contributed by atoms with E-state index < -0.39 is 0 Å². The maximum Gasteiger partial charge on any atom is 0.137 e. The smallest absolute Gasteiger partial charge is 0.137 e. The highest BCUT2D eigenvalue weighted by atomic mass is 16.5. The van der Waals surface area contributed by atoms with Crippen LogP contribution in [-0.4, -0.2) is 13.6 Å². The van der Waals surface area contributed by atoms with Crippen molar-refractivity contribution >= 4 is 17.0 Å². The van der Waals surface area contributed by atoms with Gasteiger partial charge in [-0.1, -0.05) is 17.7 Å². The number of hydrogen-bond acceptors (Lipinski definition) is 5. The van der Waals surface area contributed by atoms with Crippen LogP contribution in [-0.2, 0) is 4.74 Å². The van der Waals surface area contributed by atoms with Crippen molar-refractivity contribution in [3.63, 3.8) is 0 Å². The molecule has 5 nitrogen and oxygen atoms in total. The van der Waals surface area contributed by atoms with Crippen molar-refractivity contribution in [2.24, 2.45) is 0 Å². The molecule has 0 amide bonds. The first-order valence-electron chi connectivity index (χ1n) is 11.9. The van der Waals surface area contributed by atoms with E-state index in [1.165, 1.54) is 0 Å². The lowest BCUT2D eigenvalue weighted by Gasteiger charge is -2.24. The van der Waals surface area contributed by atoms with E-state index in [9.17, 15) is 10.5 Å². The van der Waals surface area contributed by atoms with E-state index in [1.807, 2.05) is 52.1 Å². The van der Waals surface area contributed by atoms with E-state index in [-0.39, 0.29) is 5.57 Å². The highest BCUT2D eigenvalue weighted by molar-refractivity contribution is 5.77. The zero-order chi connectivity index (χ0) is 26.0. The number of allylic oxidation sites excluding steroid dienone is 7. The normalized spacial score (nSPS) is 15.4. The number of rotatable bonds is 4. The van der Waals surface area contributed by atoms with Crippen molar-refractivity contribution in [2.45, 2.75) is 34.6 Å². The summed E-state index contributed by atoms with van der Waals surface area (Å²) in [5.41, 5.74) is 7.98. The molecule has 36 heavy (non-hydrogen) atoms. The van der Waals surface area contributed by atoms with Crippen molar-refractivity contribution < 1.29 is 9.47 Å². The Labute approximate surface area is 213 Å². The molecular formula is C31H29N3O2. The Bertz CT molecular complexity index is 1450. The first-order chi connectivity index (χ1) is 17.2. The largest absolute Gasteiger partial charge is 0.457 e. The zero-order valence-corrected chi connectivity index (χ0v) is 21.6. The fraction of sp³-hybridized carbons (Fsp3) is 0.226. The van der Waals surface area contributed by atoms with Gasteiger partial charge in [0.2, 0.25) is 0 Å². The summed E-state index contributed by atoms with van der Waals surface area (Å²) >= 11 is 0. The van der Waals surface area contributed by atoms with Crippen molar-refractivity contribution in [3.8, 4) is 17.9 Å². The number of hydrogen-bond donors (Lipinski definition) is 0. The van der Waals surface area contributed by atoms with Crippen molar-refractivity contribution in [1.82, 2.24) is 0 Å². The van der Waals surface area contributed by atoms with Gasteiger partial charge in [0, 0.05) is 48.1 Å². The second-order valence-corrected chi connectivity index (χ2v) is 9.16. The molecule has 0 saturated carbocycles. The van der Waals surface area contributed by atoms with Crippen molar-refractivity contribution in [1.29, 1.82) is 10.5 Å². The Balaban J connectivity index is 1.77. The minimum absolute atomic E-state index is 0.0305. The van der Waals surface area contributed by atoms with Crippen LogP contribution in [0.3, 0.4) is 0 Å². The average Bonchev–Trinajstić information content (AvgIpc) is 2.83. The molecule has 4 rings (SSSR count). The summed E-state index contributed by atoms with van der Waals surface area (Å²) < 4.78 is 12.6. The molecule has 0 atom stereocenters. The molecule has 2 aromatic rings. The van der Waals surface area contributed by atoms with E-state index in [0.29, 0.717) is 22.9 Å². The number of anilines is 1. The topological polar surface area (TPSA) is 69.3 Å². The molecule has 0 fully saturated rings. The molecule has 2 aliphatic heterocycles. The molecule has 180 valence electrons. The summed E-state index contributed by atoms with van der Waals surface area (Å²) in [5.74, 6) is 2.49. The summed E-state index contributed by atoms with van der Waals surface area (Å²) in [6, 6.07) is 14.4. The maximum absolute atomic E-state index is 9.54. The molecule has 0 unspecified atom stereocenters. The molecule has 5 heteroatoms. The quantitative estimate of drug-likeness (QED) is 0.443. The molecule has 0 bridgehead atoms. The molecule has 2 heterocycles. The molecule has 0 radical (unpaired) electrons. The van der Waals surface area contributed by atoms with Gasteiger partial charge in [-0.3, -0.25) is 0 Å². The number of nitrogens with zero attached hydrogens (tertiary/aromatic N) is 3. The van der Waals surface area contributed by atoms with Crippen LogP contribution in [0.15, 0.2) is 77.3 Å². The lowest BCUT2D eigenvalue weighted by molar-refractivity contribution is 0.384. The highest BCUT2D eigenvalue weighted by Gasteiger charge is 2.21. The first kappa shape index (κ1) is 24.6. The van der Waals surface area contributed by atoms with Gasteiger partial charge in [-0.25, -0.2) is 0 Å². The number of fused-ring (bicyclic) bond motifs is 1. The fourth-order valence-electron chi connectivity index (χ4n) is 4.58. The zero-order valence-electron chi connectivity index (χ0n) is 21.6. The Hall–Kier alpha value is -4.48. The van der Waals surface area contributed by atoms with Gasteiger partial charge < -0.3 is 14.4 Å². The monoisotopic (exact) mass is 475 g/mol. The van der Waals surface area contributed by atoms with Gasteiger partial charge in [0.05, 0.1) is 0 Å². The Morgan fingerprint density at radius 3 is 2.28 bits per heavy atom. The van der Waals surface area contributed by atoms with Crippen LogP contribution in [0.4, 0.5) is 5.69 Å². The lowest BCUT2D eigenvalue weighted by Crippen LogP contribution is -2.16. The third-order valence-corrected chi connectivity index (χ3v) is 6.42. The molecule has 0 spiro atoms. The molecular weight excluding hydrogens is 446 g/mol. The SMILES string of the molecule is CCN(C)c1ccc2c(c1)O/C(=C/C1=CC(=C(C#N)C#N)C=C(c3c(C)cc(C)cc3C)O1)C=C2C. The van der Waals surface area contributed by atoms with E-state index in [0.717, 1.165) is 51.4 Å². The van der Waals surface area contributed by atoms with Crippen molar-refractivity contribution in [2.75, 3.05) is 18.5 Å². The van der Waals surface area contributed by atoms with Gasteiger partial charge in [-0.2, -0.15) is 10.5 Å². The third-order valence-electron chi connectivity index (χ3n) is 6.42. The summed E-state index contributed by atoms with van der Waals surface area (Å²) in [7, 11) is 2.05. The van der Waals surface area contributed by atoms with Crippen LogP contribution >= 0.6 is 0 Å². The predicted octanol–water partition coefficient (Wildman–Crippen LogP) is 7.05. The van der Waals surface area contributed by atoms with E-state index in [4.69, 9.17) is 9.47 Å². The molecule has 0 aliphatic carbocycles. The minimum atomic E-state index is 0.0305. The number of nitriles is 2. The molecule has 0 N–H and O–H groups in total. The van der Waals surface area contributed by atoms with Crippen LogP contribution in [0.5, 0.6) is 5.75 Å². The van der Waals surface area contributed by atoms with Crippen LogP contribution in [0, 0.1) is 43.4 Å². The highest BCUT2D eigenvalue weighted by Crippen LogP contribution is 2.38. The Morgan fingerprint density at radius 1 is 0.944 bits per heavy atom. The first-order valence-corrected chi connectivity index (χ1v) is 11.9. The van der Waals surface area contributed by atoms with Gasteiger partial charge in [0.25, 0.3) is 0 Å². The number of aryl methyl sites for hydroxylation is 3. The van der Waals surface area contributed by atoms with Gasteiger partial charge in [0.1, 0.15) is 40.7 Å².